The number of esters is 1. The molecule has 0 N–H and O–H groups in total. The van der Waals surface area contributed by atoms with Gasteiger partial charge in [-0.25, -0.2) is 9.18 Å². The highest BCUT2D eigenvalue weighted by molar-refractivity contribution is 6.37. The van der Waals surface area contributed by atoms with Crippen LogP contribution in [0.25, 0.3) is 0 Å². The third-order valence-electron chi connectivity index (χ3n) is 2.67. The molecule has 0 aliphatic carbocycles. The predicted octanol–water partition coefficient (Wildman–Crippen LogP) is 3.23. The van der Waals surface area contributed by atoms with Gasteiger partial charge >= 0.3 is 5.97 Å². The highest BCUT2D eigenvalue weighted by atomic mass is 19.1. The van der Waals surface area contributed by atoms with Crippen molar-refractivity contribution in [2.45, 2.75) is 39.5 Å². The van der Waals surface area contributed by atoms with Crippen molar-refractivity contribution in [3.8, 4) is 0 Å². The summed E-state index contributed by atoms with van der Waals surface area (Å²) in [6.07, 6.45) is 4.91. The van der Waals surface area contributed by atoms with Crippen molar-refractivity contribution < 1.29 is 23.5 Å². The highest BCUT2D eigenvalue weighted by Gasteiger charge is 2.18. The summed E-state index contributed by atoms with van der Waals surface area (Å²) >= 11 is 0. The van der Waals surface area contributed by atoms with Gasteiger partial charge in [-0.2, -0.15) is 0 Å². The van der Waals surface area contributed by atoms with Gasteiger partial charge in [-0.15, -0.1) is 0 Å². The smallest absolute Gasteiger partial charge is 0.375 e. The maximum absolute atomic E-state index is 13.0. The monoisotopic (exact) mass is 296 g/mol. The molecule has 0 aromatic rings. The number of hydrogen-bond acceptors (Lipinski definition) is 4. The van der Waals surface area contributed by atoms with Crippen LogP contribution in [0.1, 0.15) is 39.5 Å². The summed E-state index contributed by atoms with van der Waals surface area (Å²) in [7, 11) is 0. The first-order valence-corrected chi connectivity index (χ1v) is 6.81. The van der Waals surface area contributed by atoms with Crippen molar-refractivity contribution in [1.29, 1.82) is 0 Å². The molecule has 0 aliphatic heterocycles. The van der Waals surface area contributed by atoms with Crippen molar-refractivity contribution in [1.82, 2.24) is 0 Å². The fourth-order valence-corrected chi connectivity index (χ4v) is 1.58. The van der Waals surface area contributed by atoms with E-state index in [1.165, 1.54) is 6.08 Å². The number of carbonyl (C=O) groups is 3. The van der Waals surface area contributed by atoms with Crippen LogP contribution < -0.4 is 0 Å². The van der Waals surface area contributed by atoms with E-state index in [9.17, 15) is 18.8 Å². The highest BCUT2D eigenvalue weighted by Crippen LogP contribution is 2.13. The Bertz CT molecular complexity index is 461. The Morgan fingerprint density at radius 2 is 1.90 bits per heavy atom. The lowest BCUT2D eigenvalue weighted by atomic mass is 10.0. The molecule has 116 valence electrons. The first kappa shape index (κ1) is 19.0. The standard InChI is InChI=1S/C16H21FO4/c1-4-12(10-13(17)5-2)8-7-9-14(18)11-15(19)16(20)21-6-3/h4-5,10H,2,6-9,11H2,1,3H3/b12-4-,13-10+. The largest absolute Gasteiger partial charge is 0.460 e. The second-order valence-corrected chi connectivity index (χ2v) is 4.31. The van der Waals surface area contributed by atoms with Crippen molar-refractivity contribution in [2.75, 3.05) is 6.61 Å². The Morgan fingerprint density at radius 1 is 1.24 bits per heavy atom. The molecule has 4 nitrogen and oxygen atoms in total. The van der Waals surface area contributed by atoms with Crippen LogP contribution in [0.2, 0.25) is 0 Å². The zero-order chi connectivity index (χ0) is 16.3. The fraction of sp³-hybridized carbons (Fsp3) is 0.438. The van der Waals surface area contributed by atoms with Crippen LogP contribution in [-0.4, -0.2) is 24.1 Å². The summed E-state index contributed by atoms with van der Waals surface area (Å²) in [5.41, 5.74) is 0.747. The molecule has 0 spiro atoms. The van der Waals surface area contributed by atoms with E-state index in [0.29, 0.717) is 12.8 Å². The number of halogens is 1. The van der Waals surface area contributed by atoms with E-state index in [0.717, 1.165) is 11.6 Å². The second kappa shape index (κ2) is 10.7. The van der Waals surface area contributed by atoms with E-state index >= 15 is 0 Å². The third kappa shape index (κ3) is 8.68. The quantitative estimate of drug-likeness (QED) is 0.269. The fourth-order valence-electron chi connectivity index (χ4n) is 1.58. The summed E-state index contributed by atoms with van der Waals surface area (Å²) in [6, 6.07) is 0. The SMILES string of the molecule is C=C/C(F)=C\C(=C/C)CCCC(=O)CC(=O)C(=O)OCC. The van der Waals surface area contributed by atoms with Crippen molar-refractivity contribution in [3.63, 3.8) is 0 Å². The van der Waals surface area contributed by atoms with Gasteiger partial charge in [0.25, 0.3) is 0 Å². The summed E-state index contributed by atoms with van der Waals surface area (Å²) in [4.78, 5) is 33.9. The molecular formula is C16H21FO4. The van der Waals surface area contributed by atoms with E-state index in [1.807, 2.05) is 0 Å². The van der Waals surface area contributed by atoms with Crippen LogP contribution in [0.5, 0.6) is 0 Å². The second-order valence-electron chi connectivity index (χ2n) is 4.31. The van der Waals surface area contributed by atoms with Crippen molar-refractivity contribution >= 4 is 17.5 Å². The molecule has 0 aromatic heterocycles. The van der Waals surface area contributed by atoms with Gasteiger partial charge in [0.1, 0.15) is 11.6 Å². The van der Waals surface area contributed by atoms with Gasteiger partial charge in [0.15, 0.2) is 0 Å². The van der Waals surface area contributed by atoms with E-state index in [1.54, 1.807) is 19.9 Å². The lowest BCUT2D eigenvalue weighted by molar-refractivity contribution is -0.154. The minimum atomic E-state index is -0.976. The van der Waals surface area contributed by atoms with Gasteiger partial charge in [-0.3, -0.25) is 9.59 Å². The average Bonchev–Trinajstić information content (AvgIpc) is 2.45. The minimum Gasteiger partial charge on any atom is -0.460 e. The number of carbonyl (C=O) groups excluding carboxylic acids is 3. The van der Waals surface area contributed by atoms with Crippen LogP contribution in [0, 0.1) is 0 Å². The first-order valence-electron chi connectivity index (χ1n) is 6.81. The number of hydrogen-bond donors (Lipinski definition) is 0. The molecule has 0 atom stereocenters. The molecule has 0 heterocycles. The van der Waals surface area contributed by atoms with Gasteiger partial charge in [-0.05, 0) is 44.4 Å². The molecule has 0 radical (unpaired) electrons. The maximum atomic E-state index is 13.0. The molecule has 5 heteroatoms. The lowest BCUT2D eigenvalue weighted by Crippen LogP contribution is -2.20. The lowest BCUT2D eigenvalue weighted by Gasteiger charge is -2.03. The van der Waals surface area contributed by atoms with Gasteiger partial charge in [0.2, 0.25) is 5.78 Å². The van der Waals surface area contributed by atoms with E-state index < -0.39 is 24.0 Å². The maximum Gasteiger partial charge on any atom is 0.375 e. The molecule has 0 unspecified atom stereocenters. The minimum absolute atomic E-state index is 0.102. The van der Waals surface area contributed by atoms with E-state index in [2.05, 4.69) is 11.3 Å². The number of allylic oxidation sites excluding steroid dienone is 5. The van der Waals surface area contributed by atoms with Crippen molar-refractivity contribution in [3.05, 3.63) is 36.2 Å². The molecule has 0 aliphatic rings. The zero-order valence-electron chi connectivity index (χ0n) is 12.5. The Balaban J connectivity index is 4.18. The molecule has 0 aromatic carbocycles. The van der Waals surface area contributed by atoms with Crippen LogP contribution >= 0.6 is 0 Å². The number of Topliss-reactive ketones (excluding diaryl/α,β-unsaturated/α-hetero) is 2. The zero-order valence-corrected chi connectivity index (χ0v) is 12.5. The average molecular weight is 296 g/mol. The number of ketones is 2. The molecule has 0 saturated heterocycles. The summed E-state index contributed by atoms with van der Waals surface area (Å²) in [6.45, 7) is 6.77. The topological polar surface area (TPSA) is 60.4 Å². The molecule has 21 heavy (non-hydrogen) atoms. The van der Waals surface area contributed by atoms with Crippen LogP contribution in [0.4, 0.5) is 4.39 Å². The molecule has 0 rings (SSSR count). The summed E-state index contributed by atoms with van der Waals surface area (Å²) in [5.74, 6) is -2.56. The van der Waals surface area contributed by atoms with Gasteiger partial charge < -0.3 is 4.74 Å². The Labute approximate surface area is 124 Å². The van der Waals surface area contributed by atoms with Crippen LogP contribution in [0.15, 0.2) is 36.2 Å². The number of rotatable bonds is 10. The number of ether oxygens (including phenoxy) is 1. The Hall–Kier alpha value is -2.04. The first-order chi connectivity index (χ1) is 9.94. The molecule has 0 amide bonds. The van der Waals surface area contributed by atoms with E-state index in [4.69, 9.17) is 0 Å². The normalized spacial score (nSPS) is 12.0. The Morgan fingerprint density at radius 3 is 2.43 bits per heavy atom. The van der Waals surface area contributed by atoms with Crippen molar-refractivity contribution in [2.24, 2.45) is 0 Å². The molecule has 0 saturated carbocycles. The van der Waals surface area contributed by atoms with Crippen LogP contribution in [0.3, 0.4) is 0 Å². The van der Waals surface area contributed by atoms with Gasteiger partial charge in [-0.1, -0.05) is 12.7 Å². The van der Waals surface area contributed by atoms with E-state index in [-0.39, 0.29) is 18.8 Å². The molecule has 0 bridgehead atoms. The summed E-state index contributed by atoms with van der Waals surface area (Å²) < 4.78 is 17.5. The molecular weight excluding hydrogens is 275 g/mol. The summed E-state index contributed by atoms with van der Waals surface area (Å²) in [5, 5.41) is 0. The molecule has 0 fully saturated rings. The predicted molar refractivity (Wildman–Crippen MR) is 78.3 cm³/mol. The van der Waals surface area contributed by atoms with Gasteiger partial charge in [0.05, 0.1) is 13.0 Å². The van der Waals surface area contributed by atoms with Gasteiger partial charge in [0, 0.05) is 6.42 Å². The Kier molecular flexibility index (Phi) is 9.67. The third-order valence-corrected chi connectivity index (χ3v) is 2.67. The van der Waals surface area contributed by atoms with Crippen LogP contribution in [-0.2, 0) is 19.1 Å².